The van der Waals surface area contributed by atoms with E-state index in [2.05, 4.69) is 10.6 Å². The normalized spacial score (nSPS) is 15.9. The summed E-state index contributed by atoms with van der Waals surface area (Å²) in [5.41, 5.74) is 2.09. The molecule has 110 valence electrons. The van der Waals surface area contributed by atoms with Crippen LogP contribution < -0.4 is 10.6 Å². The maximum Gasteiger partial charge on any atom is 0.170 e. The van der Waals surface area contributed by atoms with Gasteiger partial charge in [-0.05, 0) is 68.1 Å². The number of rotatable bonds is 4. The molecule has 1 aromatic carbocycles. The Bertz CT molecular complexity index is 461. The number of anilines is 1. The van der Waals surface area contributed by atoms with Crippen LogP contribution in [0.1, 0.15) is 24.8 Å². The summed E-state index contributed by atoms with van der Waals surface area (Å²) in [6, 6.07) is 5.74. The Morgan fingerprint density at radius 1 is 1.40 bits per heavy atom. The van der Waals surface area contributed by atoms with Gasteiger partial charge in [0.2, 0.25) is 0 Å². The zero-order valence-electron chi connectivity index (χ0n) is 11.7. The Labute approximate surface area is 131 Å². The molecule has 2 rings (SSSR count). The largest absolute Gasteiger partial charge is 0.381 e. The fourth-order valence-electron chi connectivity index (χ4n) is 2.36. The smallest absolute Gasteiger partial charge is 0.170 e. The van der Waals surface area contributed by atoms with E-state index < -0.39 is 0 Å². The molecule has 5 heteroatoms. The SMILES string of the molecule is Cc1cc(Cl)ccc1NC(=S)NCCC1CCOCC1. The fraction of sp³-hybridized carbons (Fsp3) is 0.533. The van der Waals surface area contributed by atoms with Gasteiger partial charge in [-0.25, -0.2) is 0 Å². The van der Waals surface area contributed by atoms with Crippen molar-refractivity contribution in [1.29, 1.82) is 0 Å². The molecule has 20 heavy (non-hydrogen) atoms. The second-order valence-electron chi connectivity index (χ2n) is 5.18. The quantitative estimate of drug-likeness (QED) is 0.830. The number of ether oxygens (including phenoxy) is 1. The fourth-order valence-corrected chi connectivity index (χ4v) is 2.80. The van der Waals surface area contributed by atoms with Gasteiger partial charge >= 0.3 is 0 Å². The molecular weight excluding hydrogens is 292 g/mol. The van der Waals surface area contributed by atoms with Crippen LogP contribution in [0.5, 0.6) is 0 Å². The molecule has 0 bridgehead atoms. The Morgan fingerprint density at radius 3 is 2.85 bits per heavy atom. The first-order chi connectivity index (χ1) is 9.65. The molecule has 0 saturated carbocycles. The van der Waals surface area contributed by atoms with Crippen molar-refractivity contribution in [2.75, 3.05) is 25.1 Å². The lowest BCUT2D eigenvalue weighted by Crippen LogP contribution is -2.31. The van der Waals surface area contributed by atoms with Crippen LogP contribution in [0, 0.1) is 12.8 Å². The van der Waals surface area contributed by atoms with E-state index in [0.717, 1.165) is 61.2 Å². The molecule has 2 N–H and O–H groups in total. The third-order valence-electron chi connectivity index (χ3n) is 3.62. The molecule has 0 spiro atoms. The minimum absolute atomic E-state index is 0.669. The molecular formula is C15H21ClN2OS. The third-order valence-corrected chi connectivity index (χ3v) is 4.10. The maximum absolute atomic E-state index is 5.94. The van der Waals surface area contributed by atoms with Crippen molar-refractivity contribution >= 4 is 34.6 Å². The summed E-state index contributed by atoms with van der Waals surface area (Å²) in [7, 11) is 0. The molecule has 1 saturated heterocycles. The molecule has 1 aromatic rings. The highest BCUT2D eigenvalue weighted by atomic mass is 35.5. The third kappa shape index (κ3) is 4.93. The van der Waals surface area contributed by atoms with Gasteiger partial charge in [0, 0.05) is 30.5 Å². The molecule has 3 nitrogen and oxygen atoms in total. The average Bonchev–Trinajstić information content (AvgIpc) is 2.43. The van der Waals surface area contributed by atoms with Crippen LogP contribution in [-0.2, 0) is 4.74 Å². The van der Waals surface area contributed by atoms with Crippen molar-refractivity contribution in [3.8, 4) is 0 Å². The van der Waals surface area contributed by atoms with Crippen LogP contribution in [0.2, 0.25) is 5.02 Å². The van der Waals surface area contributed by atoms with Crippen molar-refractivity contribution in [1.82, 2.24) is 5.32 Å². The predicted molar refractivity (Wildman–Crippen MR) is 88.6 cm³/mol. The van der Waals surface area contributed by atoms with Crippen molar-refractivity contribution in [3.05, 3.63) is 28.8 Å². The van der Waals surface area contributed by atoms with Gasteiger partial charge in [-0.2, -0.15) is 0 Å². The van der Waals surface area contributed by atoms with Crippen molar-refractivity contribution in [2.45, 2.75) is 26.2 Å². The van der Waals surface area contributed by atoms with Gasteiger partial charge in [0.05, 0.1) is 0 Å². The van der Waals surface area contributed by atoms with E-state index in [4.69, 9.17) is 28.6 Å². The van der Waals surface area contributed by atoms with Gasteiger partial charge in [-0.15, -0.1) is 0 Å². The number of halogens is 1. The minimum Gasteiger partial charge on any atom is -0.381 e. The van der Waals surface area contributed by atoms with E-state index in [1.807, 2.05) is 25.1 Å². The number of nitrogens with one attached hydrogen (secondary N) is 2. The standard InChI is InChI=1S/C15H21ClN2OS/c1-11-10-13(16)2-3-14(11)18-15(20)17-7-4-12-5-8-19-9-6-12/h2-3,10,12H,4-9H2,1H3,(H2,17,18,20). The van der Waals surface area contributed by atoms with E-state index >= 15 is 0 Å². The second-order valence-corrected chi connectivity index (χ2v) is 6.03. The van der Waals surface area contributed by atoms with Crippen LogP contribution in [0.3, 0.4) is 0 Å². The van der Waals surface area contributed by atoms with Crippen molar-refractivity contribution in [2.24, 2.45) is 5.92 Å². The summed E-state index contributed by atoms with van der Waals surface area (Å²) >= 11 is 11.3. The summed E-state index contributed by atoms with van der Waals surface area (Å²) in [4.78, 5) is 0. The lowest BCUT2D eigenvalue weighted by atomic mass is 9.97. The van der Waals surface area contributed by atoms with E-state index in [9.17, 15) is 0 Å². The molecule has 0 radical (unpaired) electrons. The Morgan fingerprint density at radius 2 is 2.15 bits per heavy atom. The van der Waals surface area contributed by atoms with Crippen molar-refractivity contribution in [3.63, 3.8) is 0 Å². The number of thiocarbonyl (C=S) groups is 1. The van der Waals surface area contributed by atoms with E-state index in [1.165, 1.54) is 0 Å². The Hall–Kier alpha value is -0.840. The van der Waals surface area contributed by atoms with Gasteiger partial charge in [0.15, 0.2) is 5.11 Å². The number of aryl methyl sites for hydroxylation is 1. The summed E-state index contributed by atoms with van der Waals surface area (Å²) in [5.74, 6) is 0.760. The Kier molecular flexibility index (Phi) is 6.07. The lowest BCUT2D eigenvalue weighted by molar-refractivity contribution is 0.0643. The zero-order valence-corrected chi connectivity index (χ0v) is 13.3. The van der Waals surface area contributed by atoms with Crippen LogP contribution in [0.4, 0.5) is 5.69 Å². The van der Waals surface area contributed by atoms with E-state index in [1.54, 1.807) is 0 Å². The molecule has 0 aliphatic carbocycles. The topological polar surface area (TPSA) is 33.3 Å². The highest BCUT2D eigenvalue weighted by molar-refractivity contribution is 7.80. The van der Waals surface area contributed by atoms with Crippen LogP contribution in [0.15, 0.2) is 18.2 Å². The van der Waals surface area contributed by atoms with Crippen molar-refractivity contribution < 1.29 is 4.74 Å². The van der Waals surface area contributed by atoms with Crippen LogP contribution in [0.25, 0.3) is 0 Å². The van der Waals surface area contributed by atoms with Gasteiger partial charge in [-0.3, -0.25) is 0 Å². The summed E-state index contributed by atoms with van der Waals surface area (Å²) in [6.07, 6.45) is 3.47. The van der Waals surface area contributed by atoms with Gasteiger partial charge < -0.3 is 15.4 Å². The highest BCUT2D eigenvalue weighted by Gasteiger charge is 2.13. The molecule has 1 fully saturated rings. The molecule has 1 aliphatic heterocycles. The van der Waals surface area contributed by atoms with Gasteiger partial charge in [0.25, 0.3) is 0 Å². The first kappa shape index (κ1) is 15.5. The van der Waals surface area contributed by atoms with Crippen LogP contribution in [-0.4, -0.2) is 24.9 Å². The molecule has 0 aromatic heterocycles. The highest BCUT2D eigenvalue weighted by Crippen LogP contribution is 2.20. The minimum atomic E-state index is 0.669. The summed E-state index contributed by atoms with van der Waals surface area (Å²) < 4.78 is 5.36. The molecule has 0 amide bonds. The zero-order chi connectivity index (χ0) is 14.4. The second kappa shape index (κ2) is 7.81. The molecule has 0 atom stereocenters. The first-order valence-electron chi connectivity index (χ1n) is 7.04. The summed E-state index contributed by atoms with van der Waals surface area (Å²) in [5, 5.41) is 7.89. The van der Waals surface area contributed by atoms with Gasteiger partial charge in [-0.1, -0.05) is 11.6 Å². The number of benzene rings is 1. The van der Waals surface area contributed by atoms with Gasteiger partial charge in [0.1, 0.15) is 0 Å². The number of hydrogen-bond donors (Lipinski definition) is 2. The predicted octanol–water partition coefficient (Wildman–Crippen LogP) is 3.75. The monoisotopic (exact) mass is 312 g/mol. The molecule has 1 heterocycles. The lowest BCUT2D eigenvalue weighted by Gasteiger charge is -2.22. The average molecular weight is 313 g/mol. The number of hydrogen-bond acceptors (Lipinski definition) is 2. The van der Waals surface area contributed by atoms with Crippen LogP contribution >= 0.6 is 23.8 Å². The summed E-state index contributed by atoms with van der Waals surface area (Å²) in [6.45, 7) is 4.72. The van der Waals surface area contributed by atoms with E-state index in [0.29, 0.717) is 5.11 Å². The first-order valence-corrected chi connectivity index (χ1v) is 7.82. The molecule has 0 unspecified atom stereocenters. The van der Waals surface area contributed by atoms with E-state index in [-0.39, 0.29) is 0 Å². The maximum atomic E-state index is 5.94. The molecule has 1 aliphatic rings. The Balaban J connectivity index is 1.72.